The summed E-state index contributed by atoms with van der Waals surface area (Å²) in [5.74, 6) is 0.355. The molecule has 0 saturated carbocycles. The SMILES string of the molecule is CCOC(Cn1cc(C(=O)N2CCCc3cc(C(C)C)ccc32)nn1)OCC. The van der Waals surface area contributed by atoms with Crippen molar-refractivity contribution in [2.45, 2.75) is 59.3 Å². The van der Waals surface area contributed by atoms with Crippen LogP contribution in [0.5, 0.6) is 0 Å². The third-order valence-corrected chi connectivity index (χ3v) is 4.93. The normalized spacial score (nSPS) is 14.0. The number of ether oxygens (including phenoxy) is 2. The summed E-state index contributed by atoms with van der Waals surface area (Å²) in [5, 5.41) is 8.18. The maximum atomic E-state index is 13.1. The third kappa shape index (κ3) is 4.59. The van der Waals surface area contributed by atoms with Crippen molar-refractivity contribution in [3.63, 3.8) is 0 Å². The van der Waals surface area contributed by atoms with Gasteiger partial charge in [0.1, 0.15) is 0 Å². The van der Waals surface area contributed by atoms with Crippen LogP contribution in [0.15, 0.2) is 24.4 Å². The van der Waals surface area contributed by atoms with Crippen LogP contribution in [-0.2, 0) is 22.4 Å². The fourth-order valence-electron chi connectivity index (χ4n) is 3.49. The largest absolute Gasteiger partial charge is 0.351 e. The van der Waals surface area contributed by atoms with Gasteiger partial charge in [-0.25, -0.2) is 4.68 Å². The number of carbonyl (C=O) groups is 1. The fourth-order valence-corrected chi connectivity index (χ4v) is 3.49. The molecule has 152 valence electrons. The first-order chi connectivity index (χ1) is 13.5. The zero-order chi connectivity index (χ0) is 20.1. The number of hydrogen-bond acceptors (Lipinski definition) is 5. The number of carbonyl (C=O) groups excluding carboxylic acids is 1. The standard InChI is InChI=1S/C21H30N4O3/c1-5-27-20(28-6-2)14-24-13-18(22-23-24)21(26)25-11-7-8-17-12-16(15(3)4)9-10-19(17)25/h9-10,12-13,15,20H,5-8,11,14H2,1-4H3. The highest BCUT2D eigenvalue weighted by atomic mass is 16.7. The van der Waals surface area contributed by atoms with Crippen LogP contribution in [0, 0.1) is 0 Å². The average Bonchev–Trinajstić information content (AvgIpc) is 3.15. The molecule has 2 heterocycles. The number of nitrogens with zero attached hydrogens (tertiary/aromatic N) is 4. The number of anilines is 1. The van der Waals surface area contributed by atoms with Crippen LogP contribution in [0.4, 0.5) is 5.69 Å². The molecule has 28 heavy (non-hydrogen) atoms. The van der Waals surface area contributed by atoms with Crippen molar-refractivity contribution in [3.05, 3.63) is 41.2 Å². The van der Waals surface area contributed by atoms with Crippen molar-refractivity contribution in [1.29, 1.82) is 0 Å². The molecule has 0 unspecified atom stereocenters. The smallest absolute Gasteiger partial charge is 0.280 e. The quantitative estimate of drug-likeness (QED) is 0.651. The molecular weight excluding hydrogens is 356 g/mol. The van der Waals surface area contributed by atoms with E-state index >= 15 is 0 Å². The summed E-state index contributed by atoms with van der Waals surface area (Å²) in [6.45, 7) is 10.4. The zero-order valence-corrected chi connectivity index (χ0v) is 17.2. The van der Waals surface area contributed by atoms with E-state index in [4.69, 9.17) is 9.47 Å². The molecular formula is C21H30N4O3. The molecule has 0 saturated heterocycles. The van der Waals surface area contributed by atoms with Crippen LogP contribution in [0.25, 0.3) is 0 Å². The molecule has 0 aliphatic carbocycles. The summed E-state index contributed by atoms with van der Waals surface area (Å²) in [6, 6.07) is 6.40. The van der Waals surface area contributed by atoms with Gasteiger partial charge in [0.2, 0.25) is 0 Å². The van der Waals surface area contributed by atoms with Crippen molar-refractivity contribution in [2.75, 3.05) is 24.7 Å². The average molecular weight is 386 g/mol. The van der Waals surface area contributed by atoms with Gasteiger partial charge in [0.05, 0.1) is 12.7 Å². The lowest BCUT2D eigenvalue weighted by Gasteiger charge is -2.29. The molecule has 2 aromatic rings. The first-order valence-electron chi connectivity index (χ1n) is 10.1. The van der Waals surface area contributed by atoms with E-state index in [1.54, 1.807) is 10.9 Å². The number of amides is 1. The predicted octanol–water partition coefficient (Wildman–Crippen LogP) is 3.39. The van der Waals surface area contributed by atoms with E-state index in [0.29, 0.717) is 37.9 Å². The van der Waals surface area contributed by atoms with E-state index in [2.05, 4.69) is 42.4 Å². The molecule has 1 aromatic carbocycles. The Morgan fingerprint density at radius 2 is 1.96 bits per heavy atom. The highest BCUT2D eigenvalue weighted by Gasteiger charge is 2.26. The summed E-state index contributed by atoms with van der Waals surface area (Å²) < 4.78 is 12.7. The Labute approximate surface area is 166 Å². The third-order valence-electron chi connectivity index (χ3n) is 4.93. The number of fused-ring (bicyclic) bond motifs is 1. The zero-order valence-electron chi connectivity index (χ0n) is 17.2. The maximum Gasteiger partial charge on any atom is 0.280 e. The molecule has 0 fully saturated rings. The molecule has 1 aliphatic rings. The number of hydrogen-bond donors (Lipinski definition) is 0. The minimum absolute atomic E-state index is 0.117. The van der Waals surface area contributed by atoms with Crippen molar-refractivity contribution in [1.82, 2.24) is 15.0 Å². The molecule has 7 heteroatoms. The maximum absolute atomic E-state index is 13.1. The van der Waals surface area contributed by atoms with E-state index in [0.717, 1.165) is 18.5 Å². The monoisotopic (exact) mass is 386 g/mol. The molecule has 1 amide bonds. The fraction of sp³-hybridized carbons (Fsp3) is 0.571. The molecule has 0 N–H and O–H groups in total. The highest BCUT2D eigenvalue weighted by molar-refractivity contribution is 6.05. The van der Waals surface area contributed by atoms with Gasteiger partial charge in [0.15, 0.2) is 12.0 Å². The molecule has 3 rings (SSSR count). The molecule has 0 bridgehead atoms. The number of benzene rings is 1. The topological polar surface area (TPSA) is 69.5 Å². The van der Waals surface area contributed by atoms with Crippen LogP contribution >= 0.6 is 0 Å². The van der Waals surface area contributed by atoms with Crippen molar-refractivity contribution >= 4 is 11.6 Å². The lowest BCUT2D eigenvalue weighted by atomic mass is 9.94. The Kier molecular flexibility index (Phi) is 6.80. The van der Waals surface area contributed by atoms with Gasteiger partial charge in [0.25, 0.3) is 5.91 Å². The predicted molar refractivity (Wildman–Crippen MR) is 108 cm³/mol. The summed E-state index contributed by atoms with van der Waals surface area (Å²) in [7, 11) is 0. The van der Waals surface area contributed by atoms with Gasteiger partial charge in [-0.3, -0.25) is 4.79 Å². The Bertz CT molecular complexity index is 797. The first kappa shape index (κ1) is 20.5. The number of aryl methyl sites for hydroxylation is 1. The minimum Gasteiger partial charge on any atom is -0.351 e. The molecule has 1 aromatic heterocycles. The van der Waals surface area contributed by atoms with Gasteiger partial charge in [-0.05, 0) is 49.8 Å². The summed E-state index contributed by atoms with van der Waals surface area (Å²) in [5.41, 5.74) is 3.85. The summed E-state index contributed by atoms with van der Waals surface area (Å²) in [6.07, 6.45) is 3.22. The van der Waals surface area contributed by atoms with E-state index in [1.165, 1.54) is 11.1 Å². The summed E-state index contributed by atoms with van der Waals surface area (Å²) >= 11 is 0. The van der Waals surface area contributed by atoms with Crippen LogP contribution in [0.2, 0.25) is 0 Å². The van der Waals surface area contributed by atoms with Crippen molar-refractivity contribution in [2.24, 2.45) is 0 Å². The van der Waals surface area contributed by atoms with Gasteiger partial charge in [0, 0.05) is 25.4 Å². The molecule has 0 atom stereocenters. The Hall–Kier alpha value is -2.25. The van der Waals surface area contributed by atoms with Crippen molar-refractivity contribution < 1.29 is 14.3 Å². The molecule has 0 radical (unpaired) electrons. The van der Waals surface area contributed by atoms with Crippen molar-refractivity contribution in [3.8, 4) is 0 Å². The number of aromatic nitrogens is 3. The first-order valence-corrected chi connectivity index (χ1v) is 10.1. The van der Waals surface area contributed by atoms with E-state index in [9.17, 15) is 4.79 Å². The van der Waals surface area contributed by atoms with Gasteiger partial charge in [-0.2, -0.15) is 0 Å². The molecule has 0 spiro atoms. The number of rotatable bonds is 8. The molecule has 1 aliphatic heterocycles. The second-order valence-electron chi connectivity index (χ2n) is 7.27. The second kappa shape index (κ2) is 9.30. The van der Waals surface area contributed by atoms with Gasteiger partial charge in [-0.15, -0.1) is 5.10 Å². The molecule has 7 nitrogen and oxygen atoms in total. The lowest BCUT2D eigenvalue weighted by molar-refractivity contribution is -0.145. The second-order valence-corrected chi connectivity index (χ2v) is 7.27. The highest BCUT2D eigenvalue weighted by Crippen LogP contribution is 2.31. The summed E-state index contributed by atoms with van der Waals surface area (Å²) in [4.78, 5) is 14.9. The lowest BCUT2D eigenvalue weighted by Crippen LogP contribution is -2.35. The van der Waals surface area contributed by atoms with Crippen LogP contribution in [-0.4, -0.2) is 46.9 Å². The van der Waals surface area contributed by atoms with Crippen LogP contribution in [0.1, 0.15) is 61.6 Å². The van der Waals surface area contributed by atoms with Gasteiger partial charge in [-0.1, -0.05) is 31.2 Å². The Morgan fingerprint density at radius 3 is 2.64 bits per heavy atom. The van der Waals surface area contributed by atoms with Gasteiger partial charge < -0.3 is 14.4 Å². The minimum atomic E-state index is -0.398. The van der Waals surface area contributed by atoms with Gasteiger partial charge >= 0.3 is 0 Å². The van der Waals surface area contributed by atoms with E-state index in [1.807, 2.05) is 18.7 Å². The van der Waals surface area contributed by atoms with E-state index in [-0.39, 0.29) is 5.91 Å². The van der Waals surface area contributed by atoms with Crippen LogP contribution in [0.3, 0.4) is 0 Å². The Morgan fingerprint density at radius 1 is 1.21 bits per heavy atom. The van der Waals surface area contributed by atoms with Crippen LogP contribution < -0.4 is 4.90 Å². The van der Waals surface area contributed by atoms with E-state index < -0.39 is 6.29 Å². The Balaban J connectivity index is 1.76.